The first kappa shape index (κ1) is 25.7. The Bertz CT molecular complexity index is 690. The summed E-state index contributed by atoms with van der Waals surface area (Å²) in [5.74, 6) is 0.0145. The molecule has 0 aliphatic heterocycles. The molecule has 1 atom stereocenters. The second kappa shape index (κ2) is 11.8. The Morgan fingerprint density at radius 1 is 1.31 bits per heavy atom. The van der Waals surface area contributed by atoms with E-state index in [2.05, 4.69) is 26.7 Å². The second-order valence-electron chi connectivity index (χ2n) is 7.02. The number of nitrogens with one attached hydrogen (secondary N) is 2. The number of nitrogens with zero attached hydrogens (tertiary/aromatic N) is 3. The lowest BCUT2D eigenvalue weighted by Crippen LogP contribution is -2.45. The van der Waals surface area contributed by atoms with Crippen LogP contribution in [0.1, 0.15) is 51.3 Å². The van der Waals surface area contributed by atoms with Gasteiger partial charge in [-0.25, -0.2) is 4.98 Å². The van der Waals surface area contributed by atoms with E-state index in [1.54, 1.807) is 0 Å². The van der Waals surface area contributed by atoms with Gasteiger partial charge in [-0.2, -0.15) is 13.2 Å². The van der Waals surface area contributed by atoms with Crippen LogP contribution in [0.5, 0.6) is 0 Å². The Hall–Kier alpha value is -1.30. The van der Waals surface area contributed by atoms with Crippen molar-refractivity contribution < 1.29 is 18.3 Å². The number of aryl methyl sites for hydroxylation is 1. The monoisotopic (exact) mass is 529 g/mol. The van der Waals surface area contributed by atoms with Crippen molar-refractivity contribution in [2.75, 3.05) is 19.6 Å². The van der Waals surface area contributed by atoms with Gasteiger partial charge >= 0.3 is 6.18 Å². The zero-order valence-corrected chi connectivity index (χ0v) is 19.3. The van der Waals surface area contributed by atoms with Gasteiger partial charge in [0.05, 0.1) is 0 Å². The lowest BCUT2D eigenvalue weighted by molar-refractivity contribution is -0.272. The summed E-state index contributed by atoms with van der Waals surface area (Å²) < 4.78 is 41.8. The molecule has 1 aromatic rings. The fourth-order valence-electron chi connectivity index (χ4n) is 3.29. The molecule has 1 aliphatic carbocycles. The number of hydrogen-bond acceptors (Lipinski definition) is 3. The largest absolute Gasteiger partial charge is 0.424 e. The van der Waals surface area contributed by atoms with Crippen LogP contribution in [0.15, 0.2) is 29.0 Å². The molecule has 0 saturated heterocycles. The Morgan fingerprint density at radius 3 is 2.62 bits per heavy atom. The number of allylic oxidation sites excluding steroid dienone is 1. The van der Waals surface area contributed by atoms with E-state index in [0.29, 0.717) is 19.0 Å². The van der Waals surface area contributed by atoms with Gasteiger partial charge in [-0.1, -0.05) is 11.6 Å². The maximum atomic E-state index is 13.5. The minimum atomic E-state index is -4.85. The van der Waals surface area contributed by atoms with Crippen LogP contribution in [0.4, 0.5) is 13.2 Å². The molecule has 0 aromatic carbocycles. The smallest absolute Gasteiger partial charge is 0.374 e. The molecule has 0 amide bonds. The molecule has 6 nitrogen and oxygen atoms in total. The zero-order valence-electron chi connectivity index (χ0n) is 16.9. The third-order valence-electron chi connectivity index (χ3n) is 4.87. The maximum absolute atomic E-state index is 13.5. The number of halogens is 4. The lowest BCUT2D eigenvalue weighted by atomic mass is 9.97. The molecule has 0 bridgehead atoms. The van der Waals surface area contributed by atoms with Crippen LogP contribution in [0.2, 0.25) is 0 Å². The van der Waals surface area contributed by atoms with Gasteiger partial charge in [0.1, 0.15) is 5.82 Å². The van der Waals surface area contributed by atoms with Crippen LogP contribution in [0.3, 0.4) is 0 Å². The SMILES string of the molecule is CCNC(=NCCC(O)(c1nccn1C)C(F)(F)F)NCCC1=CCCCC1.I. The first-order valence-corrected chi connectivity index (χ1v) is 9.75. The van der Waals surface area contributed by atoms with Crippen molar-refractivity contribution in [2.45, 2.75) is 57.2 Å². The van der Waals surface area contributed by atoms with Gasteiger partial charge in [0.2, 0.25) is 5.60 Å². The van der Waals surface area contributed by atoms with Crippen molar-refractivity contribution in [1.29, 1.82) is 0 Å². The second-order valence-corrected chi connectivity index (χ2v) is 7.02. The molecule has 3 N–H and O–H groups in total. The van der Waals surface area contributed by atoms with E-state index in [9.17, 15) is 18.3 Å². The predicted octanol–water partition coefficient (Wildman–Crippen LogP) is 3.62. The third-order valence-corrected chi connectivity index (χ3v) is 4.87. The summed E-state index contributed by atoms with van der Waals surface area (Å²) in [6.07, 6.45) is 4.99. The van der Waals surface area contributed by atoms with Gasteiger partial charge in [-0.15, -0.1) is 24.0 Å². The quantitative estimate of drug-likeness (QED) is 0.208. The van der Waals surface area contributed by atoms with Gasteiger partial charge in [0.25, 0.3) is 0 Å². The highest BCUT2D eigenvalue weighted by Gasteiger charge is 2.57. The van der Waals surface area contributed by atoms with E-state index in [0.717, 1.165) is 19.3 Å². The van der Waals surface area contributed by atoms with E-state index in [-0.39, 0.29) is 30.5 Å². The third kappa shape index (κ3) is 7.16. The number of alkyl halides is 3. The van der Waals surface area contributed by atoms with Crippen molar-refractivity contribution >= 4 is 29.9 Å². The molecule has 1 aliphatic rings. The Morgan fingerprint density at radius 2 is 2.07 bits per heavy atom. The van der Waals surface area contributed by atoms with Crippen molar-refractivity contribution in [3.63, 3.8) is 0 Å². The van der Waals surface area contributed by atoms with Gasteiger partial charge in [-0.3, -0.25) is 4.99 Å². The Kier molecular flexibility index (Phi) is 10.4. The highest BCUT2D eigenvalue weighted by molar-refractivity contribution is 14.0. The molecular formula is C19H31F3IN5O. The van der Waals surface area contributed by atoms with E-state index in [4.69, 9.17) is 0 Å². The molecule has 29 heavy (non-hydrogen) atoms. The summed E-state index contributed by atoms with van der Waals surface area (Å²) >= 11 is 0. The molecule has 10 heteroatoms. The Labute approximate surface area is 187 Å². The van der Waals surface area contributed by atoms with Crippen molar-refractivity contribution in [2.24, 2.45) is 12.0 Å². The average molecular weight is 529 g/mol. The van der Waals surface area contributed by atoms with E-state index >= 15 is 0 Å². The van der Waals surface area contributed by atoms with Crippen LogP contribution in [0, 0.1) is 0 Å². The van der Waals surface area contributed by atoms with Crippen LogP contribution < -0.4 is 10.6 Å². The first-order chi connectivity index (χ1) is 13.3. The van der Waals surface area contributed by atoms with Crippen LogP contribution >= 0.6 is 24.0 Å². The normalized spacial score (nSPS) is 17.2. The molecular weight excluding hydrogens is 498 g/mol. The number of aliphatic hydroxyl groups is 1. The maximum Gasteiger partial charge on any atom is 0.424 e. The van der Waals surface area contributed by atoms with Crippen LogP contribution in [-0.2, 0) is 12.6 Å². The molecule has 0 spiro atoms. The van der Waals surface area contributed by atoms with E-state index < -0.39 is 24.0 Å². The summed E-state index contributed by atoms with van der Waals surface area (Å²) in [6, 6.07) is 0. The van der Waals surface area contributed by atoms with Crippen molar-refractivity contribution in [3.05, 3.63) is 29.9 Å². The standard InChI is InChI=1S/C19H30F3N5O.HI/c1-3-23-17(25-11-9-15-7-5-4-6-8-15)26-12-10-18(28,19(20,21)22)16-24-13-14-27(16)2;/h7,13-14,28H,3-6,8-12H2,1-2H3,(H2,23,25,26);1H. The van der Waals surface area contributed by atoms with Crippen LogP contribution in [0.25, 0.3) is 0 Å². The fraction of sp³-hybridized carbons (Fsp3) is 0.684. The summed E-state index contributed by atoms with van der Waals surface area (Å²) in [5.41, 5.74) is -1.63. The minimum absolute atomic E-state index is 0. The predicted molar refractivity (Wildman–Crippen MR) is 118 cm³/mol. The minimum Gasteiger partial charge on any atom is -0.374 e. The van der Waals surface area contributed by atoms with Crippen molar-refractivity contribution in [3.8, 4) is 0 Å². The first-order valence-electron chi connectivity index (χ1n) is 9.75. The molecule has 0 fully saturated rings. The summed E-state index contributed by atoms with van der Waals surface area (Å²) in [4.78, 5) is 7.91. The molecule has 166 valence electrons. The fourth-order valence-corrected chi connectivity index (χ4v) is 3.29. The number of aromatic nitrogens is 2. The molecule has 1 heterocycles. The average Bonchev–Trinajstić information content (AvgIpc) is 3.08. The number of rotatable bonds is 8. The topological polar surface area (TPSA) is 74.5 Å². The summed E-state index contributed by atoms with van der Waals surface area (Å²) in [6.45, 7) is 2.96. The number of aliphatic imine (C=N–C) groups is 1. The Balaban J connectivity index is 0.00000420. The van der Waals surface area contributed by atoms with Crippen LogP contribution in [-0.4, -0.2) is 46.4 Å². The molecule has 2 rings (SSSR count). The van der Waals surface area contributed by atoms with Gasteiger partial charge in [0.15, 0.2) is 5.96 Å². The number of imidazole rings is 1. The molecule has 1 aromatic heterocycles. The molecule has 0 saturated carbocycles. The molecule has 0 radical (unpaired) electrons. The number of hydrogen-bond donors (Lipinski definition) is 3. The zero-order chi connectivity index (χ0) is 20.6. The summed E-state index contributed by atoms with van der Waals surface area (Å²) in [5, 5.41) is 16.5. The van der Waals surface area contributed by atoms with Gasteiger partial charge in [-0.05, 0) is 39.0 Å². The van der Waals surface area contributed by atoms with Gasteiger partial charge < -0.3 is 20.3 Å². The van der Waals surface area contributed by atoms with E-state index in [1.165, 1.54) is 42.4 Å². The highest BCUT2D eigenvalue weighted by atomic mass is 127. The van der Waals surface area contributed by atoms with Crippen molar-refractivity contribution in [1.82, 2.24) is 20.2 Å². The summed E-state index contributed by atoms with van der Waals surface area (Å²) in [7, 11) is 1.42. The highest BCUT2D eigenvalue weighted by Crippen LogP contribution is 2.40. The number of guanidine groups is 1. The molecule has 1 unspecified atom stereocenters. The van der Waals surface area contributed by atoms with E-state index in [1.807, 2.05) is 6.92 Å². The lowest BCUT2D eigenvalue weighted by Gasteiger charge is -2.29. The van der Waals surface area contributed by atoms with Gasteiger partial charge in [0, 0.05) is 45.5 Å².